The molecule has 2 atom stereocenters. The van der Waals surface area contributed by atoms with Crippen molar-refractivity contribution in [1.29, 1.82) is 0 Å². The molecule has 0 rings (SSSR count). The van der Waals surface area contributed by atoms with E-state index in [0.29, 0.717) is 26.1 Å². The van der Waals surface area contributed by atoms with Crippen LogP contribution in [-0.2, 0) is 9.53 Å². The minimum Gasteiger partial charge on any atom is -0.481 e. The van der Waals surface area contributed by atoms with Crippen LogP contribution in [0.15, 0.2) is 0 Å². The molecule has 0 aliphatic heterocycles. The third-order valence-corrected chi connectivity index (χ3v) is 2.35. The minimum absolute atomic E-state index is 0.0383. The highest BCUT2D eigenvalue weighted by molar-refractivity contribution is 5.74. The monoisotopic (exact) mass is 260 g/mol. The summed E-state index contributed by atoms with van der Waals surface area (Å²) in [5, 5.41) is 14.0. The molecule has 0 aromatic carbocycles. The first-order valence-electron chi connectivity index (χ1n) is 6.32. The van der Waals surface area contributed by atoms with Crippen LogP contribution in [0.25, 0.3) is 0 Å². The van der Waals surface area contributed by atoms with Gasteiger partial charge in [-0.3, -0.25) is 4.79 Å². The molecule has 3 N–H and O–H groups in total. The Hall–Kier alpha value is -1.30. The number of amides is 2. The van der Waals surface area contributed by atoms with Gasteiger partial charge in [-0.25, -0.2) is 4.79 Å². The lowest BCUT2D eigenvalue weighted by Gasteiger charge is -2.17. The number of aliphatic carboxylic acids is 1. The van der Waals surface area contributed by atoms with Crippen molar-refractivity contribution in [2.45, 2.75) is 52.1 Å². The topological polar surface area (TPSA) is 87.7 Å². The summed E-state index contributed by atoms with van der Waals surface area (Å²) < 4.78 is 5.18. The lowest BCUT2D eigenvalue weighted by molar-refractivity contribution is -0.137. The van der Waals surface area contributed by atoms with Crippen molar-refractivity contribution in [3.05, 3.63) is 0 Å². The van der Waals surface area contributed by atoms with Crippen molar-refractivity contribution in [2.24, 2.45) is 0 Å². The SMILES string of the molecule is CCOCC(C)NC(=O)NC(C)CCCC(=O)O. The normalized spacial score (nSPS) is 13.7. The third kappa shape index (κ3) is 9.89. The molecule has 106 valence electrons. The molecule has 0 fully saturated rings. The molecule has 2 unspecified atom stereocenters. The lowest BCUT2D eigenvalue weighted by atomic mass is 10.1. The molecule has 0 heterocycles. The van der Waals surface area contributed by atoms with Crippen molar-refractivity contribution in [1.82, 2.24) is 10.6 Å². The van der Waals surface area contributed by atoms with E-state index in [4.69, 9.17) is 9.84 Å². The molecule has 2 amide bonds. The summed E-state index contributed by atoms with van der Waals surface area (Å²) in [6.45, 7) is 6.73. The number of nitrogens with one attached hydrogen (secondary N) is 2. The molecular weight excluding hydrogens is 236 g/mol. The number of hydrogen-bond acceptors (Lipinski definition) is 3. The van der Waals surface area contributed by atoms with Crippen LogP contribution in [0.1, 0.15) is 40.0 Å². The van der Waals surface area contributed by atoms with Crippen LogP contribution in [0, 0.1) is 0 Å². The molecule has 0 aromatic rings. The number of ether oxygens (including phenoxy) is 1. The molecule has 0 radical (unpaired) electrons. The number of carboxylic acids is 1. The Morgan fingerprint density at radius 1 is 1.22 bits per heavy atom. The second-order valence-corrected chi connectivity index (χ2v) is 4.37. The highest BCUT2D eigenvalue weighted by Gasteiger charge is 2.10. The van der Waals surface area contributed by atoms with E-state index < -0.39 is 5.97 Å². The number of carbonyl (C=O) groups is 2. The van der Waals surface area contributed by atoms with E-state index in [-0.39, 0.29) is 24.5 Å². The van der Waals surface area contributed by atoms with E-state index in [1.54, 1.807) is 0 Å². The molecule has 6 heteroatoms. The van der Waals surface area contributed by atoms with Crippen molar-refractivity contribution >= 4 is 12.0 Å². The maximum absolute atomic E-state index is 11.5. The average Bonchev–Trinajstić information content (AvgIpc) is 2.25. The molecule has 0 saturated heterocycles. The van der Waals surface area contributed by atoms with E-state index in [0.717, 1.165) is 0 Å². The fraction of sp³-hybridized carbons (Fsp3) is 0.833. The smallest absolute Gasteiger partial charge is 0.315 e. The lowest BCUT2D eigenvalue weighted by Crippen LogP contribution is -2.45. The van der Waals surface area contributed by atoms with Gasteiger partial charge in [-0.15, -0.1) is 0 Å². The molecule has 0 aromatic heterocycles. The van der Waals surface area contributed by atoms with E-state index in [2.05, 4.69) is 10.6 Å². The van der Waals surface area contributed by atoms with Gasteiger partial charge in [0.2, 0.25) is 0 Å². The second-order valence-electron chi connectivity index (χ2n) is 4.37. The first-order chi connectivity index (χ1) is 8.45. The minimum atomic E-state index is -0.808. The van der Waals surface area contributed by atoms with Gasteiger partial charge in [-0.2, -0.15) is 0 Å². The Balaban J connectivity index is 3.69. The van der Waals surface area contributed by atoms with Crippen LogP contribution < -0.4 is 10.6 Å². The maximum Gasteiger partial charge on any atom is 0.315 e. The molecule has 0 spiro atoms. The highest BCUT2D eigenvalue weighted by Crippen LogP contribution is 2.00. The summed E-state index contributed by atoms with van der Waals surface area (Å²) in [6.07, 6.45) is 1.35. The number of carbonyl (C=O) groups excluding carboxylic acids is 1. The zero-order chi connectivity index (χ0) is 14.0. The summed E-state index contributed by atoms with van der Waals surface area (Å²) in [5.41, 5.74) is 0. The molecule has 0 bridgehead atoms. The van der Waals surface area contributed by atoms with Crippen molar-refractivity contribution in [3.8, 4) is 0 Å². The molecule has 18 heavy (non-hydrogen) atoms. The van der Waals surface area contributed by atoms with E-state index in [1.807, 2.05) is 20.8 Å². The van der Waals surface area contributed by atoms with Crippen LogP contribution in [0.2, 0.25) is 0 Å². The van der Waals surface area contributed by atoms with Crippen molar-refractivity contribution in [3.63, 3.8) is 0 Å². The molecule has 0 saturated carbocycles. The molecule has 6 nitrogen and oxygen atoms in total. The van der Waals surface area contributed by atoms with Crippen LogP contribution in [0.5, 0.6) is 0 Å². The summed E-state index contributed by atoms with van der Waals surface area (Å²) >= 11 is 0. The summed E-state index contributed by atoms with van der Waals surface area (Å²) in [6, 6.07) is -0.329. The van der Waals surface area contributed by atoms with Gasteiger partial charge in [0, 0.05) is 19.1 Å². The number of carboxylic acid groups (broad SMARTS) is 1. The van der Waals surface area contributed by atoms with Gasteiger partial charge in [-0.05, 0) is 33.6 Å². The number of hydrogen-bond donors (Lipinski definition) is 3. The Labute approximate surface area is 108 Å². The fourth-order valence-corrected chi connectivity index (χ4v) is 1.46. The van der Waals surface area contributed by atoms with Crippen LogP contribution in [0.4, 0.5) is 4.79 Å². The largest absolute Gasteiger partial charge is 0.481 e. The van der Waals surface area contributed by atoms with Gasteiger partial charge in [0.25, 0.3) is 0 Å². The highest BCUT2D eigenvalue weighted by atomic mass is 16.5. The van der Waals surface area contributed by atoms with Crippen LogP contribution in [-0.4, -0.2) is 42.4 Å². The Bertz CT molecular complexity index is 258. The average molecular weight is 260 g/mol. The van der Waals surface area contributed by atoms with Gasteiger partial charge in [0.15, 0.2) is 0 Å². The van der Waals surface area contributed by atoms with Crippen molar-refractivity contribution in [2.75, 3.05) is 13.2 Å². The Morgan fingerprint density at radius 3 is 2.39 bits per heavy atom. The molecule has 0 aliphatic rings. The van der Waals surface area contributed by atoms with Crippen LogP contribution >= 0.6 is 0 Å². The summed E-state index contributed by atoms with van der Waals surface area (Å²) in [5.74, 6) is -0.808. The van der Waals surface area contributed by atoms with Gasteiger partial charge in [-0.1, -0.05) is 0 Å². The standard InChI is InChI=1S/C12H24N2O4/c1-4-18-8-10(3)14-12(17)13-9(2)6-5-7-11(15)16/h9-10H,4-8H2,1-3H3,(H,15,16)(H2,13,14,17). The zero-order valence-electron chi connectivity index (χ0n) is 11.4. The van der Waals surface area contributed by atoms with E-state index >= 15 is 0 Å². The number of rotatable bonds is 9. The summed E-state index contributed by atoms with van der Waals surface area (Å²) in [4.78, 5) is 21.9. The van der Waals surface area contributed by atoms with Gasteiger partial charge >= 0.3 is 12.0 Å². The van der Waals surface area contributed by atoms with Gasteiger partial charge in [0.1, 0.15) is 0 Å². The predicted molar refractivity (Wildman–Crippen MR) is 68.6 cm³/mol. The Kier molecular flexibility index (Phi) is 9.00. The molecule has 0 aliphatic carbocycles. The van der Waals surface area contributed by atoms with Gasteiger partial charge < -0.3 is 20.5 Å². The van der Waals surface area contributed by atoms with Crippen molar-refractivity contribution < 1.29 is 19.4 Å². The third-order valence-electron chi connectivity index (χ3n) is 2.35. The zero-order valence-corrected chi connectivity index (χ0v) is 11.4. The predicted octanol–water partition coefficient (Wildman–Crippen LogP) is 1.35. The van der Waals surface area contributed by atoms with E-state index in [1.165, 1.54) is 0 Å². The first-order valence-corrected chi connectivity index (χ1v) is 6.32. The Morgan fingerprint density at radius 2 is 1.83 bits per heavy atom. The summed E-state index contributed by atoms with van der Waals surface area (Å²) in [7, 11) is 0. The van der Waals surface area contributed by atoms with Crippen LogP contribution in [0.3, 0.4) is 0 Å². The maximum atomic E-state index is 11.5. The quantitative estimate of drug-likeness (QED) is 0.584. The first kappa shape index (κ1) is 16.7. The molecular formula is C12H24N2O4. The van der Waals surface area contributed by atoms with E-state index in [9.17, 15) is 9.59 Å². The van der Waals surface area contributed by atoms with Gasteiger partial charge in [0.05, 0.1) is 12.6 Å². The number of urea groups is 1. The second kappa shape index (κ2) is 9.70. The fourth-order valence-electron chi connectivity index (χ4n) is 1.46.